The molecule has 5 heteroatoms. The highest BCUT2D eigenvalue weighted by Gasteiger charge is 2.39. The molecular weight excluding hydrogens is 297 g/mol. The molecule has 3 rings (SSSR count). The Morgan fingerprint density at radius 3 is 2.61 bits per heavy atom. The minimum absolute atomic E-state index is 0.0712. The molecule has 1 aliphatic heterocycles. The van der Waals surface area contributed by atoms with Gasteiger partial charge < -0.3 is 14.7 Å². The highest BCUT2D eigenvalue weighted by molar-refractivity contribution is 5.95. The summed E-state index contributed by atoms with van der Waals surface area (Å²) in [6, 6.07) is 3.13. The number of aliphatic hydroxyl groups is 1. The molecule has 1 amide bonds. The van der Waals surface area contributed by atoms with E-state index >= 15 is 0 Å². The van der Waals surface area contributed by atoms with Crippen molar-refractivity contribution in [1.82, 2.24) is 4.90 Å². The van der Waals surface area contributed by atoms with Gasteiger partial charge in [0.25, 0.3) is 5.91 Å². The number of nitrogens with zero attached hydrogens (tertiary/aromatic N) is 1. The number of morpholine rings is 1. The average molecular weight is 321 g/mol. The summed E-state index contributed by atoms with van der Waals surface area (Å²) in [6.07, 6.45) is 2.33. The molecule has 4 nitrogen and oxygen atoms in total. The topological polar surface area (TPSA) is 49.8 Å². The molecule has 126 valence electrons. The van der Waals surface area contributed by atoms with E-state index in [9.17, 15) is 14.3 Å². The fourth-order valence-electron chi connectivity index (χ4n) is 3.88. The number of ether oxygens (including phenoxy) is 1. The summed E-state index contributed by atoms with van der Waals surface area (Å²) in [7, 11) is 0. The smallest absolute Gasteiger partial charge is 0.254 e. The van der Waals surface area contributed by atoms with Crippen molar-refractivity contribution in [3.8, 4) is 0 Å². The Balaban J connectivity index is 1.87. The van der Waals surface area contributed by atoms with E-state index in [-0.39, 0.29) is 29.8 Å². The second-order valence-corrected chi connectivity index (χ2v) is 6.73. The number of hydrogen-bond acceptors (Lipinski definition) is 3. The molecule has 1 aromatic carbocycles. The maximum absolute atomic E-state index is 13.8. The van der Waals surface area contributed by atoms with E-state index in [0.717, 1.165) is 19.3 Å². The highest BCUT2D eigenvalue weighted by atomic mass is 19.1. The number of halogens is 1. The van der Waals surface area contributed by atoms with Gasteiger partial charge in [0.15, 0.2) is 0 Å². The zero-order valence-electron chi connectivity index (χ0n) is 13.7. The molecule has 2 fully saturated rings. The van der Waals surface area contributed by atoms with Crippen molar-refractivity contribution < 1.29 is 19.0 Å². The Bertz CT molecular complexity index is 581. The van der Waals surface area contributed by atoms with Gasteiger partial charge in [-0.3, -0.25) is 4.79 Å². The molecule has 1 aliphatic carbocycles. The largest absolute Gasteiger partial charge is 0.393 e. The van der Waals surface area contributed by atoms with Crippen LogP contribution in [0.3, 0.4) is 0 Å². The number of carbonyl (C=O) groups excluding carboxylic acids is 1. The Labute approximate surface area is 136 Å². The van der Waals surface area contributed by atoms with Crippen molar-refractivity contribution in [1.29, 1.82) is 0 Å². The molecule has 1 saturated heterocycles. The number of carbonyl (C=O) groups is 1. The van der Waals surface area contributed by atoms with E-state index < -0.39 is 0 Å². The zero-order valence-corrected chi connectivity index (χ0v) is 13.7. The summed E-state index contributed by atoms with van der Waals surface area (Å²) in [5.41, 5.74) is 1.49. The van der Waals surface area contributed by atoms with E-state index in [1.54, 1.807) is 26.0 Å². The molecule has 1 heterocycles. The SMILES string of the molecule is Cc1cc(C(=O)N2CCOC[C@@H]2[C@@H]2CCC[C@H]2O)cc(C)c1F. The van der Waals surface area contributed by atoms with E-state index in [4.69, 9.17) is 4.74 Å². The van der Waals surface area contributed by atoms with Crippen LogP contribution in [0.1, 0.15) is 40.7 Å². The summed E-state index contributed by atoms with van der Waals surface area (Å²) in [6.45, 7) is 4.84. The van der Waals surface area contributed by atoms with Gasteiger partial charge in [-0.2, -0.15) is 0 Å². The molecule has 23 heavy (non-hydrogen) atoms. The Morgan fingerprint density at radius 1 is 1.30 bits per heavy atom. The minimum Gasteiger partial charge on any atom is -0.393 e. The fourth-order valence-corrected chi connectivity index (χ4v) is 3.88. The van der Waals surface area contributed by atoms with Crippen molar-refractivity contribution in [2.45, 2.75) is 45.3 Å². The van der Waals surface area contributed by atoms with Gasteiger partial charge in [-0.15, -0.1) is 0 Å². The molecule has 0 spiro atoms. The molecule has 0 radical (unpaired) electrons. The first kappa shape index (κ1) is 16.4. The molecule has 0 unspecified atom stereocenters. The van der Waals surface area contributed by atoms with E-state index in [0.29, 0.717) is 36.4 Å². The van der Waals surface area contributed by atoms with Crippen molar-refractivity contribution in [2.24, 2.45) is 5.92 Å². The third-order valence-electron chi connectivity index (χ3n) is 5.14. The third-order valence-corrected chi connectivity index (χ3v) is 5.14. The lowest BCUT2D eigenvalue weighted by molar-refractivity contribution is -0.0383. The number of benzene rings is 1. The van der Waals surface area contributed by atoms with Crippen LogP contribution in [-0.4, -0.2) is 47.8 Å². The number of aryl methyl sites for hydroxylation is 2. The maximum Gasteiger partial charge on any atom is 0.254 e. The summed E-state index contributed by atoms with van der Waals surface area (Å²) in [5.74, 6) is -0.281. The highest BCUT2D eigenvalue weighted by Crippen LogP contribution is 2.33. The Hall–Kier alpha value is -1.46. The molecular formula is C18H24FNO3. The number of hydrogen-bond donors (Lipinski definition) is 1. The molecule has 0 aromatic heterocycles. The fraction of sp³-hybridized carbons (Fsp3) is 0.611. The van der Waals surface area contributed by atoms with Crippen molar-refractivity contribution >= 4 is 5.91 Å². The first-order chi connectivity index (χ1) is 11.0. The van der Waals surface area contributed by atoms with Gasteiger partial charge in [-0.1, -0.05) is 6.42 Å². The quantitative estimate of drug-likeness (QED) is 0.910. The molecule has 1 saturated carbocycles. The van der Waals surface area contributed by atoms with Gasteiger partial charge in [-0.25, -0.2) is 4.39 Å². The predicted octanol–water partition coefficient (Wildman–Crippen LogP) is 2.44. The number of amides is 1. The van der Waals surface area contributed by atoms with Crippen LogP contribution in [0.2, 0.25) is 0 Å². The van der Waals surface area contributed by atoms with Gasteiger partial charge >= 0.3 is 0 Å². The Kier molecular flexibility index (Phi) is 4.69. The van der Waals surface area contributed by atoms with Crippen LogP contribution in [-0.2, 0) is 4.74 Å². The molecule has 3 atom stereocenters. The van der Waals surface area contributed by atoms with Crippen LogP contribution >= 0.6 is 0 Å². The molecule has 1 N–H and O–H groups in total. The second-order valence-electron chi connectivity index (χ2n) is 6.73. The minimum atomic E-state index is -0.367. The first-order valence-electron chi connectivity index (χ1n) is 8.32. The molecule has 0 bridgehead atoms. The molecule has 2 aliphatic rings. The van der Waals surface area contributed by atoms with Crippen molar-refractivity contribution in [2.75, 3.05) is 19.8 Å². The monoisotopic (exact) mass is 321 g/mol. The van der Waals surface area contributed by atoms with Gasteiger partial charge in [-0.05, 0) is 49.9 Å². The lowest BCUT2D eigenvalue weighted by Gasteiger charge is -2.40. The standard InChI is InChI=1S/C18H24FNO3/c1-11-8-13(9-12(2)17(11)19)18(22)20-6-7-23-10-15(20)14-4-3-5-16(14)21/h8-9,14-16,21H,3-7,10H2,1-2H3/t14-,15+,16+/m0/s1. The van der Waals surface area contributed by atoms with Gasteiger partial charge in [0, 0.05) is 18.0 Å². The lowest BCUT2D eigenvalue weighted by atomic mass is 9.93. The van der Waals surface area contributed by atoms with Gasteiger partial charge in [0.2, 0.25) is 0 Å². The average Bonchev–Trinajstić information content (AvgIpc) is 2.97. The van der Waals surface area contributed by atoms with Crippen LogP contribution in [0.25, 0.3) is 0 Å². The predicted molar refractivity (Wildman–Crippen MR) is 84.9 cm³/mol. The second kappa shape index (κ2) is 6.57. The third kappa shape index (κ3) is 3.12. The van der Waals surface area contributed by atoms with Crippen LogP contribution < -0.4 is 0 Å². The summed E-state index contributed by atoms with van der Waals surface area (Å²) < 4.78 is 19.4. The summed E-state index contributed by atoms with van der Waals surface area (Å²) in [4.78, 5) is 14.8. The number of rotatable bonds is 2. The maximum atomic E-state index is 13.8. The van der Waals surface area contributed by atoms with Crippen LogP contribution in [0, 0.1) is 25.6 Å². The summed E-state index contributed by atoms with van der Waals surface area (Å²) >= 11 is 0. The summed E-state index contributed by atoms with van der Waals surface area (Å²) in [5, 5.41) is 10.2. The van der Waals surface area contributed by atoms with Crippen LogP contribution in [0.5, 0.6) is 0 Å². The van der Waals surface area contributed by atoms with Crippen molar-refractivity contribution in [3.63, 3.8) is 0 Å². The van der Waals surface area contributed by atoms with E-state index in [2.05, 4.69) is 0 Å². The van der Waals surface area contributed by atoms with Gasteiger partial charge in [0.05, 0.1) is 25.4 Å². The van der Waals surface area contributed by atoms with Crippen LogP contribution in [0.15, 0.2) is 12.1 Å². The number of aliphatic hydroxyl groups excluding tert-OH is 1. The lowest BCUT2D eigenvalue weighted by Crippen LogP contribution is -2.53. The van der Waals surface area contributed by atoms with Gasteiger partial charge in [0.1, 0.15) is 5.82 Å². The zero-order chi connectivity index (χ0) is 16.6. The van der Waals surface area contributed by atoms with Crippen LogP contribution in [0.4, 0.5) is 4.39 Å². The van der Waals surface area contributed by atoms with E-state index in [1.165, 1.54) is 0 Å². The first-order valence-corrected chi connectivity index (χ1v) is 8.32. The van der Waals surface area contributed by atoms with E-state index in [1.807, 2.05) is 4.90 Å². The normalized spacial score (nSPS) is 28.2. The van der Waals surface area contributed by atoms with Crippen molar-refractivity contribution in [3.05, 3.63) is 34.6 Å². The Morgan fingerprint density at radius 2 is 2.00 bits per heavy atom. The molecule has 1 aromatic rings.